The van der Waals surface area contributed by atoms with Crippen LogP contribution in [0.1, 0.15) is 53.6 Å². The van der Waals surface area contributed by atoms with Crippen LogP contribution >= 0.6 is 11.8 Å². The second kappa shape index (κ2) is 11.2. The van der Waals surface area contributed by atoms with E-state index < -0.39 is 0 Å². The van der Waals surface area contributed by atoms with Crippen molar-refractivity contribution < 1.29 is 4.79 Å². The van der Waals surface area contributed by atoms with Gasteiger partial charge in [-0.1, -0.05) is 55.7 Å². The number of rotatable bonds is 8. The van der Waals surface area contributed by atoms with Gasteiger partial charge in [-0.3, -0.25) is 9.20 Å². The van der Waals surface area contributed by atoms with E-state index in [1.165, 1.54) is 37.0 Å². The molecule has 2 aromatic carbocycles. The lowest BCUT2D eigenvalue weighted by Gasteiger charge is -2.24. The molecule has 0 aliphatic heterocycles. The summed E-state index contributed by atoms with van der Waals surface area (Å²) in [5.74, 6) is 0.880. The lowest BCUT2D eigenvalue weighted by molar-refractivity contribution is 0.0951. The maximum absolute atomic E-state index is 13.0. The van der Waals surface area contributed by atoms with Crippen molar-refractivity contribution in [2.24, 2.45) is 5.73 Å². The number of aromatic nitrogens is 2. The van der Waals surface area contributed by atoms with Gasteiger partial charge in [0, 0.05) is 41.4 Å². The molecule has 0 saturated heterocycles. The highest BCUT2D eigenvalue weighted by atomic mass is 32.2. The fourth-order valence-corrected chi connectivity index (χ4v) is 5.27. The summed E-state index contributed by atoms with van der Waals surface area (Å²) in [7, 11) is 0. The van der Waals surface area contributed by atoms with Gasteiger partial charge in [-0.15, -0.1) is 11.8 Å². The second-order valence-electron chi connectivity index (χ2n) is 9.37. The number of imidazole rings is 1. The highest BCUT2D eigenvalue weighted by Crippen LogP contribution is 2.32. The van der Waals surface area contributed by atoms with Gasteiger partial charge in [-0.25, -0.2) is 4.98 Å². The highest BCUT2D eigenvalue weighted by Gasteiger charge is 2.20. The van der Waals surface area contributed by atoms with Crippen LogP contribution in [0.4, 0.5) is 5.82 Å². The smallest absolute Gasteiger partial charge is 0.251 e. The Hall–Kier alpha value is -3.29. The predicted octanol–water partition coefficient (Wildman–Crippen LogP) is 5.86. The van der Waals surface area contributed by atoms with E-state index in [9.17, 15) is 4.79 Å². The molecular weight excluding hydrogens is 466 g/mol. The number of hydrogen-bond donors (Lipinski definition) is 3. The largest absolute Gasteiger partial charge is 0.367 e. The van der Waals surface area contributed by atoms with Gasteiger partial charge in [0.25, 0.3) is 5.91 Å². The van der Waals surface area contributed by atoms with Crippen LogP contribution in [-0.4, -0.2) is 27.6 Å². The van der Waals surface area contributed by atoms with Crippen LogP contribution in [0.3, 0.4) is 0 Å². The maximum atomic E-state index is 13.0. The minimum atomic E-state index is -0.119. The number of benzene rings is 2. The van der Waals surface area contributed by atoms with Crippen LogP contribution < -0.4 is 16.4 Å². The minimum Gasteiger partial charge on any atom is -0.367 e. The molecule has 0 unspecified atom stereocenters. The van der Waals surface area contributed by atoms with E-state index in [4.69, 9.17) is 10.7 Å². The fourth-order valence-electron chi connectivity index (χ4n) is 4.87. The van der Waals surface area contributed by atoms with E-state index in [2.05, 4.69) is 45.6 Å². The van der Waals surface area contributed by atoms with Gasteiger partial charge in [0.05, 0.1) is 0 Å². The average Bonchev–Trinajstić information content (AvgIpc) is 3.29. The summed E-state index contributed by atoms with van der Waals surface area (Å²) < 4.78 is 2.08. The Morgan fingerprint density at radius 3 is 2.58 bits per heavy atom. The Bertz CT molecular complexity index is 1340. The molecule has 1 amide bonds. The van der Waals surface area contributed by atoms with Gasteiger partial charge < -0.3 is 16.4 Å². The molecule has 1 aliphatic rings. The van der Waals surface area contributed by atoms with Crippen molar-refractivity contribution in [3.8, 4) is 11.3 Å². The van der Waals surface area contributed by atoms with Crippen molar-refractivity contribution >= 4 is 29.1 Å². The molecule has 0 spiro atoms. The molecule has 4 N–H and O–H groups in total. The van der Waals surface area contributed by atoms with Crippen LogP contribution in [0.5, 0.6) is 0 Å². The summed E-state index contributed by atoms with van der Waals surface area (Å²) in [5, 5.41) is 6.82. The Balaban J connectivity index is 1.43. The number of fused-ring (bicyclic) bond motifs is 1. The number of nitrogens with zero attached hydrogens (tertiary/aromatic N) is 2. The zero-order valence-electron chi connectivity index (χ0n) is 20.7. The van der Waals surface area contributed by atoms with Crippen molar-refractivity contribution in [3.05, 3.63) is 83.6 Å². The molecule has 2 aromatic heterocycles. The van der Waals surface area contributed by atoms with Gasteiger partial charge in [-0.2, -0.15) is 0 Å². The van der Waals surface area contributed by atoms with Crippen molar-refractivity contribution in [1.82, 2.24) is 14.7 Å². The van der Waals surface area contributed by atoms with E-state index in [0.717, 1.165) is 33.8 Å². The fraction of sp³-hybridized carbons (Fsp3) is 0.310. The van der Waals surface area contributed by atoms with E-state index in [1.807, 2.05) is 42.6 Å². The molecular formula is C29H33N5OS. The quantitative estimate of drug-likeness (QED) is 0.265. The molecule has 0 bridgehead atoms. The number of carbonyl (C=O) groups is 1. The van der Waals surface area contributed by atoms with Crippen LogP contribution in [0.25, 0.3) is 16.9 Å². The zero-order chi connectivity index (χ0) is 24.9. The van der Waals surface area contributed by atoms with Crippen LogP contribution in [0.15, 0.2) is 71.8 Å². The Morgan fingerprint density at radius 2 is 1.83 bits per heavy atom. The maximum Gasteiger partial charge on any atom is 0.251 e. The van der Waals surface area contributed by atoms with Gasteiger partial charge >= 0.3 is 0 Å². The summed E-state index contributed by atoms with van der Waals surface area (Å²) >= 11 is 1.73. The third-order valence-electron chi connectivity index (χ3n) is 6.88. The SMILES string of the molecule is CSc1ccc(-c2nc3cc(C(=O)NCc4cccc(CN)c4)ccn3c2NC2CCCCC2)cc1. The van der Waals surface area contributed by atoms with Crippen molar-refractivity contribution in [2.75, 3.05) is 11.6 Å². The number of nitrogens with one attached hydrogen (secondary N) is 2. The third-order valence-corrected chi connectivity index (χ3v) is 7.62. The minimum absolute atomic E-state index is 0.119. The molecule has 1 aliphatic carbocycles. The summed E-state index contributed by atoms with van der Waals surface area (Å²) in [5.41, 5.74) is 11.2. The first-order valence-corrected chi connectivity index (χ1v) is 13.9. The standard InChI is InChI=1S/C29H33N5OS/c1-36-25-12-10-22(11-13-25)27-28(32-24-8-3-2-4-9-24)34-15-14-23(17-26(34)33-27)29(35)31-19-21-7-5-6-20(16-21)18-30/h5-7,10-17,24,32H,2-4,8-9,18-19,30H2,1H3,(H,31,35). The van der Waals surface area contributed by atoms with E-state index >= 15 is 0 Å². The van der Waals surface area contributed by atoms with E-state index in [-0.39, 0.29) is 5.91 Å². The molecule has 1 fully saturated rings. The molecule has 186 valence electrons. The Labute approximate surface area is 216 Å². The van der Waals surface area contributed by atoms with Gasteiger partial charge in [-0.05, 0) is 54.5 Å². The molecule has 36 heavy (non-hydrogen) atoms. The van der Waals surface area contributed by atoms with Gasteiger partial charge in [0.2, 0.25) is 0 Å². The lowest BCUT2D eigenvalue weighted by Crippen LogP contribution is -2.24. The summed E-state index contributed by atoms with van der Waals surface area (Å²) in [6.45, 7) is 0.936. The van der Waals surface area contributed by atoms with Crippen LogP contribution in [-0.2, 0) is 13.1 Å². The van der Waals surface area contributed by atoms with Crippen molar-refractivity contribution in [2.45, 2.75) is 56.1 Å². The van der Waals surface area contributed by atoms with E-state index in [1.54, 1.807) is 11.8 Å². The predicted molar refractivity (Wildman–Crippen MR) is 148 cm³/mol. The monoisotopic (exact) mass is 499 g/mol. The zero-order valence-corrected chi connectivity index (χ0v) is 21.5. The van der Waals surface area contributed by atoms with Gasteiger partial charge in [0.15, 0.2) is 0 Å². The lowest BCUT2D eigenvalue weighted by atomic mass is 9.95. The molecule has 4 aromatic rings. The molecule has 5 rings (SSSR count). The normalized spacial score (nSPS) is 14.2. The molecule has 6 nitrogen and oxygen atoms in total. The molecule has 7 heteroatoms. The van der Waals surface area contributed by atoms with Crippen LogP contribution in [0.2, 0.25) is 0 Å². The second-order valence-corrected chi connectivity index (χ2v) is 10.2. The summed E-state index contributed by atoms with van der Waals surface area (Å²) in [6.07, 6.45) is 10.2. The molecule has 0 atom stereocenters. The Kier molecular flexibility index (Phi) is 7.58. The Morgan fingerprint density at radius 1 is 1.06 bits per heavy atom. The number of pyridine rings is 1. The summed E-state index contributed by atoms with van der Waals surface area (Å²) in [6, 6.07) is 20.7. The number of anilines is 1. The van der Waals surface area contributed by atoms with Crippen LogP contribution in [0, 0.1) is 0 Å². The first-order valence-electron chi connectivity index (χ1n) is 12.6. The molecule has 1 saturated carbocycles. The number of amides is 1. The molecule has 0 radical (unpaired) electrons. The van der Waals surface area contributed by atoms with Gasteiger partial charge in [0.1, 0.15) is 17.2 Å². The van der Waals surface area contributed by atoms with E-state index in [0.29, 0.717) is 24.7 Å². The van der Waals surface area contributed by atoms with Crippen molar-refractivity contribution in [3.63, 3.8) is 0 Å². The third kappa shape index (κ3) is 5.42. The molecule has 2 heterocycles. The number of nitrogens with two attached hydrogens (primary N) is 1. The summed E-state index contributed by atoms with van der Waals surface area (Å²) in [4.78, 5) is 19.2. The number of thioether (sulfide) groups is 1. The van der Waals surface area contributed by atoms with Crippen molar-refractivity contribution in [1.29, 1.82) is 0 Å². The average molecular weight is 500 g/mol. The highest BCUT2D eigenvalue weighted by molar-refractivity contribution is 7.98. The number of hydrogen-bond acceptors (Lipinski definition) is 5. The first-order chi connectivity index (χ1) is 17.6. The number of carbonyl (C=O) groups excluding carboxylic acids is 1. The first kappa shape index (κ1) is 24.4. The topological polar surface area (TPSA) is 84.5 Å².